The number of fused-ring (bicyclic) bond motifs is 3. The predicted molar refractivity (Wildman–Crippen MR) is 123 cm³/mol. The van der Waals surface area contributed by atoms with Gasteiger partial charge in [-0.25, -0.2) is 4.39 Å². The standard InChI is InChI=1S/C25H26FN3O3/c1-31-22-7-3-6-20-23-21(29(24(20)22)11-10-27-12-14-32-15-13-27)8-9-28(25(23)30)17-18-4-2-5-19(26)16-18/h2-9,16H,10-15,17H2,1H3. The highest BCUT2D eigenvalue weighted by atomic mass is 19.1. The summed E-state index contributed by atoms with van der Waals surface area (Å²) in [6, 6.07) is 14.2. The van der Waals surface area contributed by atoms with Gasteiger partial charge in [-0.2, -0.15) is 0 Å². The second-order valence-corrected chi connectivity index (χ2v) is 8.10. The average Bonchev–Trinajstić information content (AvgIpc) is 3.14. The van der Waals surface area contributed by atoms with Crippen molar-refractivity contribution in [1.29, 1.82) is 0 Å². The molecule has 1 saturated heterocycles. The fourth-order valence-electron chi connectivity index (χ4n) is 4.59. The Morgan fingerprint density at radius 3 is 2.66 bits per heavy atom. The van der Waals surface area contributed by atoms with Gasteiger partial charge >= 0.3 is 0 Å². The van der Waals surface area contributed by atoms with E-state index in [2.05, 4.69) is 9.47 Å². The Kier molecular flexibility index (Phi) is 5.68. The molecule has 0 amide bonds. The summed E-state index contributed by atoms with van der Waals surface area (Å²) in [5.41, 5.74) is 2.48. The molecule has 6 nitrogen and oxygen atoms in total. The number of methoxy groups -OCH3 is 1. The number of morpholine rings is 1. The normalized spacial score (nSPS) is 14.9. The van der Waals surface area contributed by atoms with Gasteiger partial charge in [0.05, 0.1) is 43.3 Å². The highest BCUT2D eigenvalue weighted by Crippen LogP contribution is 2.33. The number of ether oxygens (including phenoxy) is 2. The highest BCUT2D eigenvalue weighted by molar-refractivity contribution is 6.09. The van der Waals surface area contributed by atoms with Crippen molar-refractivity contribution < 1.29 is 13.9 Å². The number of hydrogen-bond donors (Lipinski definition) is 0. The molecule has 166 valence electrons. The van der Waals surface area contributed by atoms with Gasteiger partial charge in [0, 0.05) is 37.8 Å². The lowest BCUT2D eigenvalue weighted by Crippen LogP contribution is -2.38. The molecule has 1 fully saturated rings. The average molecular weight is 435 g/mol. The molecular weight excluding hydrogens is 409 g/mol. The van der Waals surface area contributed by atoms with E-state index in [0.29, 0.717) is 11.9 Å². The lowest BCUT2D eigenvalue weighted by molar-refractivity contribution is 0.0366. The van der Waals surface area contributed by atoms with E-state index in [0.717, 1.165) is 67.1 Å². The van der Waals surface area contributed by atoms with E-state index in [4.69, 9.17) is 9.47 Å². The van der Waals surface area contributed by atoms with Gasteiger partial charge in [-0.3, -0.25) is 9.69 Å². The maximum absolute atomic E-state index is 13.6. The van der Waals surface area contributed by atoms with E-state index in [1.165, 1.54) is 12.1 Å². The first-order valence-electron chi connectivity index (χ1n) is 10.9. The van der Waals surface area contributed by atoms with Crippen molar-refractivity contribution in [2.75, 3.05) is 40.0 Å². The Morgan fingerprint density at radius 1 is 1.06 bits per heavy atom. The Bertz CT molecular complexity index is 1320. The fraction of sp³-hybridized carbons (Fsp3) is 0.320. The van der Waals surface area contributed by atoms with E-state index in [1.807, 2.05) is 30.3 Å². The number of pyridine rings is 1. The van der Waals surface area contributed by atoms with E-state index in [1.54, 1.807) is 23.9 Å². The number of para-hydroxylation sites is 1. The van der Waals surface area contributed by atoms with Gasteiger partial charge in [-0.05, 0) is 29.8 Å². The molecule has 0 N–H and O–H groups in total. The summed E-state index contributed by atoms with van der Waals surface area (Å²) >= 11 is 0. The minimum absolute atomic E-state index is 0.0878. The Balaban J connectivity index is 1.61. The number of hydrogen-bond acceptors (Lipinski definition) is 4. The van der Waals surface area contributed by atoms with Crippen LogP contribution in [0.4, 0.5) is 4.39 Å². The molecule has 3 heterocycles. The van der Waals surface area contributed by atoms with Crippen LogP contribution in [0.2, 0.25) is 0 Å². The number of rotatable bonds is 6. The third-order valence-corrected chi connectivity index (χ3v) is 6.18. The summed E-state index contributed by atoms with van der Waals surface area (Å²) in [7, 11) is 1.65. The highest BCUT2D eigenvalue weighted by Gasteiger charge is 2.19. The van der Waals surface area contributed by atoms with E-state index >= 15 is 0 Å². The summed E-state index contributed by atoms with van der Waals surface area (Å²) in [5.74, 6) is 0.442. The lowest BCUT2D eigenvalue weighted by Gasteiger charge is -2.27. The maximum atomic E-state index is 13.6. The van der Waals surface area contributed by atoms with Crippen LogP contribution >= 0.6 is 0 Å². The van der Waals surface area contributed by atoms with Crippen molar-refractivity contribution >= 4 is 21.8 Å². The van der Waals surface area contributed by atoms with Crippen LogP contribution < -0.4 is 10.3 Å². The fourth-order valence-corrected chi connectivity index (χ4v) is 4.59. The first-order valence-corrected chi connectivity index (χ1v) is 10.9. The van der Waals surface area contributed by atoms with Gasteiger partial charge in [-0.1, -0.05) is 24.3 Å². The third-order valence-electron chi connectivity index (χ3n) is 6.18. The second kappa shape index (κ2) is 8.76. The number of nitrogens with zero attached hydrogens (tertiary/aromatic N) is 3. The molecule has 2 aromatic carbocycles. The summed E-state index contributed by atoms with van der Waals surface area (Å²) in [5, 5.41) is 1.54. The molecule has 0 unspecified atom stereocenters. The van der Waals surface area contributed by atoms with Gasteiger partial charge in [0.2, 0.25) is 0 Å². The van der Waals surface area contributed by atoms with E-state index in [9.17, 15) is 9.18 Å². The first-order chi connectivity index (χ1) is 15.7. The van der Waals surface area contributed by atoms with Crippen molar-refractivity contribution in [3.05, 3.63) is 76.5 Å². The zero-order valence-corrected chi connectivity index (χ0v) is 18.1. The van der Waals surface area contributed by atoms with Gasteiger partial charge < -0.3 is 18.6 Å². The minimum atomic E-state index is -0.305. The molecule has 4 aromatic rings. The van der Waals surface area contributed by atoms with Crippen LogP contribution in [0, 0.1) is 5.82 Å². The van der Waals surface area contributed by atoms with E-state index in [-0.39, 0.29) is 11.4 Å². The molecule has 32 heavy (non-hydrogen) atoms. The summed E-state index contributed by atoms with van der Waals surface area (Å²) in [4.78, 5) is 15.9. The maximum Gasteiger partial charge on any atom is 0.260 e. The molecule has 0 aliphatic carbocycles. The molecular formula is C25H26FN3O3. The van der Waals surface area contributed by atoms with Crippen LogP contribution in [0.5, 0.6) is 5.75 Å². The summed E-state index contributed by atoms with van der Waals surface area (Å²) in [6.45, 7) is 5.25. The number of aromatic nitrogens is 2. The molecule has 0 radical (unpaired) electrons. The van der Waals surface area contributed by atoms with Crippen molar-refractivity contribution in [2.45, 2.75) is 13.1 Å². The summed E-state index contributed by atoms with van der Waals surface area (Å²) < 4.78 is 28.6. The molecule has 1 aliphatic heterocycles. The SMILES string of the molecule is COc1cccc2c3c(=O)n(Cc4cccc(F)c4)ccc3n(CCN3CCOCC3)c12. The van der Waals surface area contributed by atoms with Crippen LogP contribution in [0.15, 0.2) is 59.5 Å². The van der Waals surface area contributed by atoms with Crippen molar-refractivity contribution in [1.82, 2.24) is 14.0 Å². The predicted octanol–water partition coefficient (Wildman–Crippen LogP) is 3.48. The molecule has 7 heteroatoms. The molecule has 5 rings (SSSR count). The minimum Gasteiger partial charge on any atom is -0.495 e. The molecule has 2 aromatic heterocycles. The molecule has 1 aliphatic rings. The van der Waals surface area contributed by atoms with Crippen LogP contribution in [-0.2, 0) is 17.8 Å². The first kappa shape index (κ1) is 20.7. The van der Waals surface area contributed by atoms with Crippen LogP contribution in [0.25, 0.3) is 21.8 Å². The van der Waals surface area contributed by atoms with Gasteiger partial charge in [0.15, 0.2) is 0 Å². The second-order valence-electron chi connectivity index (χ2n) is 8.10. The Labute approximate surface area is 185 Å². The molecule has 0 spiro atoms. The quantitative estimate of drug-likeness (QED) is 0.465. The van der Waals surface area contributed by atoms with Crippen molar-refractivity contribution in [3.63, 3.8) is 0 Å². The van der Waals surface area contributed by atoms with Gasteiger partial charge in [0.1, 0.15) is 11.6 Å². The van der Waals surface area contributed by atoms with Gasteiger partial charge in [0.25, 0.3) is 5.56 Å². The Morgan fingerprint density at radius 2 is 1.88 bits per heavy atom. The largest absolute Gasteiger partial charge is 0.495 e. The number of halogens is 1. The number of benzene rings is 2. The zero-order chi connectivity index (χ0) is 22.1. The van der Waals surface area contributed by atoms with Crippen LogP contribution in [0.3, 0.4) is 0 Å². The van der Waals surface area contributed by atoms with E-state index < -0.39 is 0 Å². The lowest BCUT2D eigenvalue weighted by atomic mass is 10.1. The van der Waals surface area contributed by atoms with Crippen molar-refractivity contribution in [3.8, 4) is 5.75 Å². The smallest absolute Gasteiger partial charge is 0.260 e. The van der Waals surface area contributed by atoms with Crippen LogP contribution in [0.1, 0.15) is 5.56 Å². The topological polar surface area (TPSA) is 48.6 Å². The monoisotopic (exact) mass is 435 g/mol. The molecule has 0 saturated carbocycles. The van der Waals surface area contributed by atoms with Gasteiger partial charge in [-0.15, -0.1) is 0 Å². The third kappa shape index (κ3) is 3.78. The molecule has 0 atom stereocenters. The molecule has 0 bridgehead atoms. The zero-order valence-electron chi connectivity index (χ0n) is 18.1. The van der Waals surface area contributed by atoms with Crippen molar-refractivity contribution in [2.24, 2.45) is 0 Å². The van der Waals surface area contributed by atoms with Crippen LogP contribution in [-0.4, -0.2) is 54.0 Å². The summed E-state index contributed by atoms with van der Waals surface area (Å²) in [6.07, 6.45) is 1.80. The Hall–Kier alpha value is -3.16.